The molecule has 0 bridgehead atoms. The molecule has 2 aromatic rings. The van der Waals surface area contributed by atoms with Gasteiger partial charge in [-0.1, -0.05) is 19.1 Å². The van der Waals surface area contributed by atoms with Crippen LogP contribution in [0.25, 0.3) is 10.6 Å². The van der Waals surface area contributed by atoms with Gasteiger partial charge in [0.25, 0.3) is 5.91 Å². The van der Waals surface area contributed by atoms with Crippen molar-refractivity contribution in [3.63, 3.8) is 0 Å². The van der Waals surface area contributed by atoms with Crippen molar-refractivity contribution in [2.45, 2.75) is 20.3 Å². The molecule has 0 radical (unpaired) electrons. The summed E-state index contributed by atoms with van der Waals surface area (Å²) in [6.45, 7) is 4.70. The molecular weight excluding hydrogens is 284 g/mol. The minimum atomic E-state index is -0.0818. The molecule has 112 valence electrons. The predicted octanol–water partition coefficient (Wildman–Crippen LogP) is 2.87. The Balaban J connectivity index is 1.97. The van der Waals surface area contributed by atoms with E-state index in [9.17, 15) is 4.79 Å². The molecule has 0 aliphatic rings. The molecule has 0 fully saturated rings. The zero-order chi connectivity index (χ0) is 15.2. The Morgan fingerprint density at radius 2 is 2.10 bits per heavy atom. The number of aryl methyl sites for hydroxylation is 1. The number of benzene rings is 1. The number of thiazole rings is 1. The van der Waals surface area contributed by atoms with Crippen LogP contribution in [-0.4, -0.2) is 29.1 Å². The van der Waals surface area contributed by atoms with Crippen LogP contribution in [0.3, 0.4) is 0 Å². The monoisotopic (exact) mass is 304 g/mol. The molecule has 0 saturated heterocycles. The van der Waals surface area contributed by atoms with Crippen LogP contribution in [0.15, 0.2) is 29.6 Å². The molecule has 1 aromatic heterocycles. The van der Waals surface area contributed by atoms with E-state index in [1.54, 1.807) is 11.3 Å². The highest BCUT2D eigenvalue weighted by molar-refractivity contribution is 7.13. The molecule has 2 N–H and O–H groups in total. The van der Waals surface area contributed by atoms with Gasteiger partial charge >= 0.3 is 0 Å². The fourth-order valence-electron chi connectivity index (χ4n) is 1.94. The number of aliphatic hydroxyl groups is 1. The van der Waals surface area contributed by atoms with Crippen LogP contribution in [0, 0.1) is 12.8 Å². The molecule has 0 aliphatic carbocycles. The third kappa shape index (κ3) is 4.37. The molecule has 21 heavy (non-hydrogen) atoms. The molecule has 1 aromatic carbocycles. The van der Waals surface area contributed by atoms with E-state index in [0.29, 0.717) is 18.5 Å². The van der Waals surface area contributed by atoms with Crippen molar-refractivity contribution in [2.75, 3.05) is 13.2 Å². The number of rotatable bonds is 6. The lowest BCUT2D eigenvalue weighted by Crippen LogP contribution is -2.28. The number of nitrogens with zero attached hydrogens (tertiary/aromatic N) is 1. The Hall–Kier alpha value is -1.72. The molecular formula is C16H20N2O2S. The van der Waals surface area contributed by atoms with Crippen LogP contribution in [0.2, 0.25) is 0 Å². The van der Waals surface area contributed by atoms with Crippen molar-refractivity contribution in [1.29, 1.82) is 0 Å². The maximum Gasteiger partial charge on any atom is 0.251 e. The lowest BCUT2D eigenvalue weighted by molar-refractivity contribution is 0.0945. The average molecular weight is 304 g/mol. The van der Waals surface area contributed by atoms with Crippen LogP contribution in [0.5, 0.6) is 0 Å². The van der Waals surface area contributed by atoms with Gasteiger partial charge in [-0.3, -0.25) is 4.79 Å². The normalized spacial score (nSPS) is 12.1. The average Bonchev–Trinajstić information content (AvgIpc) is 2.92. The van der Waals surface area contributed by atoms with E-state index in [2.05, 4.69) is 10.3 Å². The zero-order valence-corrected chi connectivity index (χ0v) is 13.1. The summed E-state index contributed by atoms with van der Waals surface area (Å²) in [5.41, 5.74) is 2.68. The summed E-state index contributed by atoms with van der Waals surface area (Å²) in [6, 6.07) is 7.48. The summed E-state index contributed by atoms with van der Waals surface area (Å²) in [7, 11) is 0. The zero-order valence-electron chi connectivity index (χ0n) is 12.3. The summed E-state index contributed by atoms with van der Waals surface area (Å²) >= 11 is 1.60. The van der Waals surface area contributed by atoms with E-state index in [-0.39, 0.29) is 18.4 Å². The van der Waals surface area contributed by atoms with Crippen LogP contribution in [-0.2, 0) is 0 Å². The number of amides is 1. The van der Waals surface area contributed by atoms with Crippen LogP contribution >= 0.6 is 11.3 Å². The van der Waals surface area contributed by atoms with Gasteiger partial charge in [0, 0.05) is 35.4 Å². The largest absolute Gasteiger partial charge is 0.396 e. The highest BCUT2D eigenvalue weighted by Crippen LogP contribution is 2.23. The van der Waals surface area contributed by atoms with Crippen LogP contribution < -0.4 is 5.32 Å². The van der Waals surface area contributed by atoms with E-state index in [1.165, 1.54) is 0 Å². The van der Waals surface area contributed by atoms with Gasteiger partial charge in [0.1, 0.15) is 5.01 Å². The first-order valence-corrected chi connectivity index (χ1v) is 7.89. The van der Waals surface area contributed by atoms with Crippen molar-refractivity contribution in [3.8, 4) is 10.6 Å². The molecule has 1 unspecified atom stereocenters. The summed E-state index contributed by atoms with van der Waals surface area (Å²) < 4.78 is 0. The van der Waals surface area contributed by atoms with Gasteiger partial charge in [0.15, 0.2) is 0 Å². The third-order valence-electron chi connectivity index (χ3n) is 3.25. The maximum atomic E-state index is 12.0. The number of hydrogen-bond acceptors (Lipinski definition) is 4. The molecule has 2 rings (SSSR count). The molecule has 4 nitrogen and oxygen atoms in total. The Kier molecular flexibility index (Phi) is 5.47. The van der Waals surface area contributed by atoms with Gasteiger partial charge in [0.05, 0.1) is 0 Å². The highest BCUT2D eigenvalue weighted by atomic mass is 32.1. The molecule has 1 amide bonds. The van der Waals surface area contributed by atoms with Gasteiger partial charge < -0.3 is 10.4 Å². The topological polar surface area (TPSA) is 62.2 Å². The fourth-order valence-corrected chi connectivity index (χ4v) is 2.75. The van der Waals surface area contributed by atoms with Crippen molar-refractivity contribution in [1.82, 2.24) is 10.3 Å². The van der Waals surface area contributed by atoms with Crippen molar-refractivity contribution < 1.29 is 9.90 Å². The molecule has 0 saturated carbocycles. The first-order chi connectivity index (χ1) is 10.1. The summed E-state index contributed by atoms with van der Waals surface area (Å²) in [5.74, 6) is 0.193. The number of nitrogens with one attached hydrogen (secondary N) is 1. The second kappa shape index (κ2) is 7.33. The van der Waals surface area contributed by atoms with Gasteiger partial charge in [-0.05, 0) is 31.4 Å². The lowest BCUT2D eigenvalue weighted by atomic mass is 10.1. The molecule has 0 aliphatic heterocycles. The van der Waals surface area contributed by atoms with E-state index in [1.807, 2.05) is 43.5 Å². The molecule has 5 heteroatoms. The number of aromatic nitrogens is 1. The van der Waals surface area contributed by atoms with Gasteiger partial charge in [-0.15, -0.1) is 11.3 Å². The summed E-state index contributed by atoms with van der Waals surface area (Å²) in [6.07, 6.45) is 0.697. The first-order valence-electron chi connectivity index (χ1n) is 7.01. The van der Waals surface area contributed by atoms with Gasteiger partial charge in [-0.25, -0.2) is 4.98 Å². The van der Waals surface area contributed by atoms with Crippen LogP contribution in [0.4, 0.5) is 0 Å². The van der Waals surface area contributed by atoms with E-state index in [0.717, 1.165) is 16.3 Å². The Morgan fingerprint density at radius 3 is 2.67 bits per heavy atom. The number of carbonyl (C=O) groups excluding carboxylic acids is 1. The molecule has 1 heterocycles. The minimum absolute atomic E-state index is 0.0818. The third-order valence-corrected chi connectivity index (χ3v) is 4.26. The van der Waals surface area contributed by atoms with Crippen LogP contribution in [0.1, 0.15) is 29.4 Å². The van der Waals surface area contributed by atoms with E-state index in [4.69, 9.17) is 5.11 Å². The second-order valence-corrected chi connectivity index (χ2v) is 6.06. The maximum absolute atomic E-state index is 12.0. The van der Waals surface area contributed by atoms with E-state index >= 15 is 0 Å². The number of aliphatic hydroxyl groups excluding tert-OH is 1. The Labute approximate surface area is 128 Å². The Bertz CT molecular complexity index is 593. The standard InChI is InChI=1S/C16H20N2O2S/c1-11(7-8-19)9-17-15(20)13-3-5-14(6-4-13)16-18-12(2)10-21-16/h3-6,10-11,19H,7-9H2,1-2H3,(H,17,20). The lowest BCUT2D eigenvalue weighted by Gasteiger charge is -2.11. The van der Waals surface area contributed by atoms with Crippen molar-refractivity contribution in [2.24, 2.45) is 5.92 Å². The first kappa shape index (κ1) is 15.7. The molecule has 0 spiro atoms. The van der Waals surface area contributed by atoms with E-state index < -0.39 is 0 Å². The number of carbonyl (C=O) groups is 1. The summed E-state index contributed by atoms with van der Waals surface area (Å²) in [5, 5.41) is 14.7. The SMILES string of the molecule is Cc1csc(-c2ccc(C(=O)NCC(C)CCO)cc2)n1. The van der Waals surface area contributed by atoms with Crippen molar-refractivity contribution >= 4 is 17.2 Å². The minimum Gasteiger partial charge on any atom is -0.396 e. The number of hydrogen-bond donors (Lipinski definition) is 2. The second-order valence-electron chi connectivity index (χ2n) is 5.20. The highest BCUT2D eigenvalue weighted by Gasteiger charge is 2.09. The quantitative estimate of drug-likeness (QED) is 0.862. The Morgan fingerprint density at radius 1 is 1.38 bits per heavy atom. The predicted molar refractivity (Wildman–Crippen MR) is 85.5 cm³/mol. The molecule has 1 atom stereocenters. The smallest absolute Gasteiger partial charge is 0.251 e. The summed E-state index contributed by atoms with van der Waals surface area (Å²) in [4.78, 5) is 16.4. The van der Waals surface area contributed by atoms with Gasteiger partial charge in [-0.2, -0.15) is 0 Å². The van der Waals surface area contributed by atoms with Crippen molar-refractivity contribution in [3.05, 3.63) is 40.9 Å². The fraction of sp³-hybridized carbons (Fsp3) is 0.375. The van der Waals surface area contributed by atoms with Gasteiger partial charge in [0.2, 0.25) is 0 Å².